The fourth-order valence-electron chi connectivity index (χ4n) is 4.69. The van der Waals surface area contributed by atoms with Crippen LogP contribution in [0.2, 0.25) is 0 Å². The molecule has 2 atom stereocenters. The van der Waals surface area contributed by atoms with E-state index in [1.807, 2.05) is 35.2 Å². The van der Waals surface area contributed by atoms with Gasteiger partial charge in [-0.25, -0.2) is 0 Å². The summed E-state index contributed by atoms with van der Waals surface area (Å²) in [5.74, 6) is 0.456. The van der Waals surface area contributed by atoms with Crippen molar-refractivity contribution in [3.05, 3.63) is 77.4 Å². The molecule has 5 rings (SSSR count). The van der Waals surface area contributed by atoms with Crippen LogP contribution in [0, 0.1) is 0 Å². The number of rotatable bonds is 3. The highest BCUT2D eigenvalue weighted by Crippen LogP contribution is 2.31. The number of amides is 2. The van der Waals surface area contributed by atoms with Gasteiger partial charge in [0.25, 0.3) is 0 Å². The molecule has 2 heterocycles. The Morgan fingerprint density at radius 2 is 1.65 bits per heavy atom. The van der Waals surface area contributed by atoms with Gasteiger partial charge in [-0.1, -0.05) is 48.5 Å². The molecule has 6 heteroatoms. The van der Waals surface area contributed by atoms with E-state index in [-0.39, 0.29) is 30.3 Å². The molecule has 2 aliphatic heterocycles. The lowest BCUT2D eigenvalue weighted by Gasteiger charge is -2.20. The maximum Gasteiger partial charge on any atom is 0.240 e. The van der Waals surface area contributed by atoms with Gasteiger partial charge in [-0.3, -0.25) is 9.59 Å². The average Bonchev–Trinajstić information content (AvgIpc) is 3.40. The zero-order valence-electron chi connectivity index (χ0n) is 17.4. The van der Waals surface area contributed by atoms with Gasteiger partial charge in [0.05, 0.1) is 6.04 Å². The van der Waals surface area contributed by atoms with Crippen molar-refractivity contribution in [3.8, 4) is 0 Å². The Hall–Kier alpha value is -2.89. The number of fused-ring (bicyclic) bond motifs is 2. The zero-order chi connectivity index (χ0) is 20.7. The number of carbonyl (C=O) groups excluding carboxylic acids is 2. The van der Waals surface area contributed by atoms with Crippen molar-refractivity contribution < 1.29 is 9.59 Å². The number of hydrogen-bond acceptors (Lipinski definition) is 3. The van der Waals surface area contributed by atoms with Crippen LogP contribution in [0.5, 0.6) is 0 Å². The Morgan fingerprint density at radius 3 is 2.35 bits per heavy atom. The Kier molecular flexibility index (Phi) is 5.99. The van der Waals surface area contributed by atoms with Crippen molar-refractivity contribution in [2.75, 3.05) is 11.9 Å². The Bertz CT molecular complexity index is 1120. The standard InChI is InChI=1S/C25H25N3O2.ClH/c1-16(29)27-23-9-8-17-10-18(6-7-19(17)11-23)22-12-24(26-13-22)25(30)28-14-20-4-2-3-5-21(20)15-28;/h2-11,22,24,26H,12-15H2,1H3,(H,27,29);1H/t22-,24-;/m1./s1. The molecule has 1 fully saturated rings. The maximum atomic E-state index is 13.1. The molecule has 160 valence electrons. The van der Waals surface area contributed by atoms with E-state index in [1.165, 1.54) is 23.6 Å². The predicted molar refractivity (Wildman–Crippen MR) is 125 cm³/mol. The number of benzene rings is 3. The molecule has 0 aliphatic carbocycles. The molecule has 31 heavy (non-hydrogen) atoms. The molecule has 0 spiro atoms. The van der Waals surface area contributed by atoms with Gasteiger partial charge in [0.2, 0.25) is 11.8 Å². The second kappa shape index (κ2) is 8.69. The third-order valence-corrected chi connectivity index (χ3v) is 6.24. The van der Waals surface area contributed by atoms with Crippen molar-refractivity contribution in [1.29, 1.82) is 0 Å². The van der Waals surface area contributed by atoms with E-state index in [9.17, 15) is 9.59 Å². The van der Waals surface area contributed by atoms with Crippen molar-refractivity contribution in [2.24, 2.45) is 0 Å². The summed E-state index contributed by atoms with van der Waals surface area (Å²) >= 11 is 0. The van der Waals surface area contributed by atoms with Crippen LogP contribution >= 0.6 is 12.4 Å². The van der Waals surface area contributed by atoms with Crippen molar-refractivity contribution >= 4 is 40.7 Å². The van der Waals surface area contributed by atoms with Crippen LogP contribution in [-0.4, -0.2) is 29.3 Å². The van der Waals surface area contributed by atoms with Gasteiger partial charge < -0.3 is 15.5 Å². The molecule has 1 saturated heterocycles. The number of halogens is 1. The minimum Gasteiger partial charge on any atom is -0.333 e. The number of carbonyl (C=O) groups is 2. The maximum absolute atomic E-state index is 13.1. The first-order valence-electron chi connectivity index (χ1n) is 10.5. The van der Waals surface area contributed by atoms with Crippen molar-refractivity contribution in [1.82, 2.24) is 10.2 Å². The molecule has 2 aliphatic rings. The molecule has 0 bridgehead atoms. The first-order valence-corrected chi connectivity index (χ1v) is 10.5. The zero-order valence-corrected chi connectivity index (χ0v) is 18.2. The van der Waals surface area contributed by atoms with Gasteiger partial charge >= 0.3 is 0 Å². The number of anilines is 1. The molecule has 3 aromatic carbocycles. The van der Waals surface area contributed by atoms with Gasteiger partial charge in [-0.15, -0.1) is 12.4 Å². The minimum atomic E-state index is -0.123. The minimum absolute atomic E-state index is 0. The monoisotopic (exact) mass is 435 g/mol. The predicted octanol–water partition coefficient (Wildman–Crippen LogP) is 4.21. The van der Waals surface area contributed by atoms with Crippen molar-refractivity contribution in [3.63, 3.8) is 0 Å². The fraction of sp³-hybridized carbons (Fsp3) is 0.280. The van der Waals surface area contributed by atoms with Gasteiger partial charge in [-0.05, 0) is 51.9 Å². The van der Waals surface area contributed by atoms with E-state index in [2.05, 4.69) is 41.0 Å². The molecule has 0 aromatic heterocycles. The lowest BCUT2D eigenvalue weighted by molar-refractivity contribution is -0.133. The van der Waals surface area contributed by atoms with E-state index >= 15 is 0 Å². The van der Waals surface area contributed by atoms with E-state index in [0.717, 1.165) is 29.4 Å². The van der Waals surface area contributed by atoms with E-state index < -0.39 is 0 Å². The van der Waals surface area contributed by atoms with Gasteiger partial charge in [0, 0.05) is 32.2 Å². The second-order valence-electron chi connectivity index (χ2n) is 8.36. The molecule has 0 unspecified atom stereocenters. The van der Waals surface area contributed by atoms with Crippen LogP contribution in [0.15, 0.2) is 60.7 Å². The van der Waals surface area contributed by atoms with E-state index in [1.54, 1.807) is 0 Å². The lowest BCUT2D eigenvalue weighted by Crippen LogP contribution is -2.40. The summed E-state index contributed by atoms with van der Waals surface area (Å²) in [6.45, 7) is 3.75. The third kappa shape index (κ3) is 4.29. The van der Waals surface area contributed by atoms with Crippen LogP contribution in [-0.2, 0) is 22.7 Å². The summed E-state index contributed by atoms with van der Waals surface area (Å²) in [6.07, 6.45) is 0.821. The molecule has 2 amide bonds. The topological polar surface area (TPSA) is 61.4 Å². The molecule has 0 radical (unpaired) electrons. The van der Waals surface area contributed by atoms with Crippen LogP contribution in [0.1, 0.15) is 36.0 Å². The Morgan fingerprint density at radius 1 is 0.968 bits per heavy atom. The SMILES string of the molecule is CC(=O)Nc1ccc2cc([C@H]3CN[C@@H](C(=O)N4Cc5ccccc5C4)C3)ccc2c1.Cl. The summed E-state index contributed by atoms with van der Waals surface area (Å²) in [5.41, 5.74) is 4.58. The summed E-state index contributed by atoms with van der Waals surface area (Å²) in [4.78, 5) is 26.3. The van der Waals surface area contributed by atoms with Gasteiger partial charge in [-0.2, -0.15) is 0 Å². The summed E-state index contributed by atoms with van der Waals surface area (Å²) in [6, 6.07) is 20.6. The van der Waals surface area contributed by atoms with Crippen molar-refractivity contribution in [2.45, 2.75) is 38.4 Å². The number of nitrogens with one attached hydrogen (secondary N) is 2. The first-order chi connectivity index (χ1) is 14.6. The summed E-state index contributed by atoms with van der Waals surface area (Å²) in [7, 11) is 0. The molecule has 5 nitrogen and oxygen atoms in total. The largest absolute Gasteiger partial charge is 0.333 e. The Balaban J connectivity index is 0.00000231. The Labute approximate surface area is 188 Å². The molecule has 3 aromatic rings. The average molecular weight is 436 g/mol. The fourth-order valence-corrected chi connectivity index (χ4v) is 4.69. The summed E-state index contributed by atoms with van der Waals surface area (Å²) < 4.78 is 0. The van der Waals surface area contributed by atoms with Gasteiger partial charge in [0.15, 0.2) is 0 Å². The highest BCUT2D eigenvalue weighted by molar-refractivity contribution is 5.93. The normalized spacial score (nSPS) is 19.7. The third-order valence-electron chi connectivity index (χ3n) is 6.24. The summed E-state index contributed by atoms with van der Waals surface area (Å²) in [5, 5.41) is 8.52. The molecular weight excluding hydrogens is 410 g/mol. The van der Waals surface area contributed by atoms with Crippen LogP contribution in [0.25, 0.3) is 10.8 Å². The van der Waals surface area contributed by atoms with Gasteiger partial charge in [0.1, 0.15) is 0 Å². The highest BCUT2D eigenvalue weighted by atomic mass is 35.5. The van der Waals surface area contributed by atoms with Crippen LogP contribution in [0.4, 0.5) is 5.69 Å². The van der Waals surface area contributed by atoms with E-state index in [4.69, 9.17) is 0 Å². The first kappa shape index (κ1) is 21.3. The molecule has 0 saturated carbocycles. The number of nitrogens with zero attached hydrogens (tertiary/aromatic N) is 1. The highest BCUT2D eigenvalue weighted by Gasteiger charge is 2.34. The quantitative estimate of drug-likeness (QED) is 0.647. The van der Waals surface area contributed by atoms with Crippen LogP contribution in [0.3, 0.4) is 0 Å². The molecule has 2 N–H and O–H groups in total. The number of hydrogen-bond donors (Lipinski definition) is 2. The molecular formula is C25H26ClN3O2. The smallest absolute Gasteiger partial charge is 0.240 e. The van der Waals surface area contributed by atoms with Crippen LogP contribution < -0.4 is 10.6 Å². The lowest BCUT2D eigenvalue weighted by atomic mass is 9.93. The van der Waals surface area contributed by atoms with E-state index in [0.29, 0.717) is 19.0 Å². The second-order valence-corrected chi connectivity index (χ2v) is 8.36.